The van der Waals surface area contributed by atoms with Crippen LogP contribution in [-0.2, 0) is 9.53 Å². The third-order valence-corrected chi connectivity index (χ3v) is 5.04. The summed E-state index contributed by atoms with van der Waals surface area (Å²) in [5.41, 5.74) is 2.37. The quantitative estimate of drug-likeness (QED) is 0.583. The summed E-state index contributed by atoms with van der Waals surface area (Å²) in [6.07, 6.45) is 4.33. The first kappa shape index (κ1) is 18.4. The van der Waals surface area contributed by atoms with Crippen LogP contribution >= 0.6 is 0 Å². The minimum absolute atomic E-state index is 0.00536. The molecule has 0 radical (unpaired) electrons. The van der Waals surface area contributed by atoms with E-state index < -0.39 is 0 Å². The summed E-state index contributed by atoms with van der Waals surface area (Å²) in [4.78, 5) is 15.1. The standard InChI is InChI=1S/C23H27NO2/c1-4-26-23(25)21-17(2)15-16-18(3)24(21)22(19-11-7-5-8-12-19)20-13-9-6-10-14-20/h5-18,21-22H,4H2,1-3H3/t17-,18+,21+/m1/s1. The highest BCUT2D eigenvalue weighted by atomic mass is 16.5. The minimum atomic E-state index is -0.305. The van der Waals surface area contributed by atoms with Gasteiger partial charge in [0.15, 0.2) is 0 Å². The van der Waals surface area contributed by atoms with Crippen LogP contribution in [0.15, 0.2) is 72.8 Å². The molecule has 0 saturated heterocycles. The van der Waals surface area contributed by atoms with Crippen molar-refractivity contribution in [3.05, 3.63) is 83.9 Å². The molecule has 26 heavy (non-hydrogen) atoms. The summed E-state index contributed by atoms with van der Waals surface area (Å²) in [6, 6.07) is 20.6. The van der Waals surface area contributed by atoms with Crippen LogP contribution in [0.25, 0.3) is 0 Å². The fourth-order valence-corrected chi connectivity index (χ4v) is 3.83. The molecule has 0 aliphatic carbocycles. The summed E-state index contributed by atoms with van der Waals surface area (Å²) < 4.78 is 5.44. The number of benzene rings is 2. The van der Waals surface area contributed by atoms with Gasteiger partial charge in [0.1, 0.15) is 6.04 Å². The lowest BCUT2D eigenvalue weighted by molar-refractivity contribution is -0.153. The van der Waals surface area contributed by atoms with E-state index >= 15 is 0 Å². The van der Waals surface area contributed by atoms with Gasteiger partial charge in [0, 0.05) is 12.0 Å². The van der Waals surface area contributed by atoms with Gasteiger partial charge in [0.2, 0.25) is 0 Å². The Morgan fingerprint density at radius 2 is 1.50 bits per heavy atom. The molecular weight excluding hydrogens is 322 g/mol. The van der Waals surface area contributed by atoms with Gasteiger partial charge < -0.3 is 4.74 Å². The number of carbonyl (C=O) groups excluding carboxylic acids is 1. The van der Waals surface area contributed by atoms with Crippen molar-refractivity contribution in [3.63, 3.8) is 0 Å². The van der Waals surface area contributed by atoms with E-state index in [1.807, 2.05) is 19.1 Å². The summed E-state index contributed by atoms with van der Waals surface area (Å²) >= 11 is 0. The Morgan fingerprint density at radius 3 is 2.00 bits per heavy atom. The Labute approximate surface area is 156 Å². The van der Waals surface area contributed by atoms with E-state index in [9.17, 15) is 4.79 Å². The molecule has 0 aromatic heterocycles. The van der Waals surface area contributed by atoms with Gasteiger partial charge in [0.25, 0.3) is 0 Å². The van der Waals surface area contributed by atoms with Crippen LogP contribution in [0.3, 0.4) is 0 Å². The van der Waals surface area contributed by atoms with Crippen molar-refractivity contribution < 1.29 is 9.53 Å². The van der Waals surface area contributed by atoms with Crippen molar-refractivity contribution in [2.24, 2.45) is 5.92 Å². The highest BCUT2D eigenvalue weighted by molar-refractivity contribution is 5.77. The van der Waals surface area contributed by atoms with Crippen molar-refractivity contribution in [2.75, 3.05) is 6.61 Å². The fourth-order valence-electron chi connectivity index (χ4n) is 3.83. The zero-order chi connectivity index (χ0) is 18.5. The van der Waals surface area contributed by atoms with E-state index in [4.69, 9.17) is 4.74 Å². The van der Waals surface area contributed by atoms with E-state index in [-0.39, 0.29) is 30.0 Å². The molecule has 0 unspecified atom stereocenters. The average molecular weight is 349 g/mol. The largest absolute Gasteiger partial charge is 0.465 e. The molecule has 3 atom stereocenters. The number of hydrogen-bond acceptors (Lipinski definition) is 3. The fraction of sp³-hybridized carbons (Fsp3) is 0.348. The molecule has 136 valence electrons. The Morgan fingerprint density at radius 1 is 0.962 bits per heavy atom. The van der Waals surface area contributed by atoms with Crippen LogP contribution in [0.2, 0.25) is 0 Å². The molecule has 0 spiro atoms. The molecule has 2 aromatic rings. The van der Waals surface area contributed by atoms with Crippen LogP contribution in [-0.4, -0.2) is 29.6 Å². The van der Waals surface area contributed by atoms with Crippen molar-refractivity contribution in [1.82, 2.24) is 4.90 Å². The number of hydrogen-bond donors (Lipinski definition) is 0. The normalized spacial score (nSPS) is 23.2. The van der Waals surface area contributed by atoms with Crippen LogP contribution < -0.4 is 0 Å². The lowest BCUT2D eigenvalue weighted by atomic mass is 9.87. The molecule has 0 bridgehead atoms. The topological polar surface area (TPSA) is 29.5 Å². The Bertz CT molecular complexity index is 702. The SMILES string of the molecule is CCOC(=O)[C@@H]1[C@H](C)C=C[C@H](C)N1C(c1ccccc1)c1ccccc1. The Kier molecular flexibility index (Phi) is 5.89. The number of rotatable bonds is 5. The maximum atomic E-state index is 12.8. The van der Waals surface area contributed by atoms with Crippen LogP contribution in [0, 0.1) is 5.92 Å². The second-order valence-corrected chi connectivity index (χ2v) is 6.85. The van der Waals surface area contributed by atoms with Crippen LogP contribution in [0.1, 0.15) is 37.9 Å². The number of ether oxygens (including phenoxy) is 1. The van der Waals surface area contributed by atoms with Crippen molar-refractivity contribution >= 4 is 5.97 Å². The monoisotopic (exact) mass is 349 g/mol. The maximum absolute atomic E-state index is 12.8. The second-order valence-electron chi connectivity index (χ2n) is 6.85. The molecule has 1 heterocycles. The molecule has 3 nitrogen and oxygen atoms in total. The molecule has 3 rings (SSSR count). The Hall–Kier alpha value is -2.39. The van der Waals surface area contributed by atoms with Gasteiger partial charge in [-0.05, 0) is 25.0 Å². The van der Waals surface area contributed by atoms with Gasteiger partial charge in [-0.2, -0.15) is 0 Å². The molecule has 0 N–H and O–H groups in total. The third kappa shape index (κ3) is 3.73. The summed E-state index contributed by atoms with van der Waals surface area (Å²) in [6.45, 7) is 6.49. The van der Waals surface area contributed by atoms with Crippen molar-refractivity contribution in [2.45, 2.75) is 38.9 Å². The molecule has 1 aliphatic heterocycles. The summed E-state index contributed by atoms with van der Waals surface area (Å²) in [5, 5.41) is 0. The predicted octanol–water partition coefficient (Wildman–Crippen LogP) is 4.60. The first-order valence-corrected chi connectivity index (χ1v) is 9.35. The van der Waals surface area contributed by atoms with Gasteiger partial charge in [0.05, 0.1) is 12.6 Å². The van der Waals surface area contributed by atoms with E-state index in [1.54, 1.807) is 0 Å². The Balaban J connectivity index is 2.11. The predicted molar refractivity (Wildman–Crippen MR) is 105 cm³/mol. The molecule has 0 saturated carbocycles. The number of esters is 1. The van der Waals surface area contributed by atoms with Gasteiger partial charge in [-0.3, -0.25) is 9.69 Å². The smallest absolute Gasteiger partial charge is 0.323 e. The van der Waals surface area contributed by atoms with Crippen molar-refractivity contribution in [3.8, 4) is 0 Å². The number of carbonyl (C=O) groups is 1. The molecule has 3 heteroatoms. The molecule has 1 aliphatic rings. The molecular formula is C23H27NO2. The zero-order valence-corrected chi connectivity index (χ0v) is 15.7. The third-order valence-electron chi connectivity index (χ3n) is 5.04. The van der Waals surface area contributed by atoms with Gasteiger partial charge in [-0.25, -0.2) is 0 Å². The highest BCUT2D eigenvalue weighted by Gasteiger charge is 2.41. The lowest BCUT2D eigenvalue weighted by Gasteiger charge is -2.44. The highest BCUT2D eigenvalue weighted by Crippen LogP contribution is 2.37. The minimum Gasteiger partial charge on any atom is -0.465 e. The van der Waals surface area contributed by atoms with E-state index in [2.05, 4.69) is 79.4 Å². The van der Waals surface area contributed by atoms with Gasteiger partial charge in [-0.1, -0.05) is 79.7 Å². The molecule has 2 aromatic carbocycles. The summed E-state index contributed by atoms with van der Waals surface area (Å²) in [5.74, 6) is -0.0479. The van der Waals surface area contributed by atoms with Crippen molar-refractivity contribution in [1.29, 1.82) is 0 Å². The molecule has 0 fully saturated rings. The molecule has 0 amide bonds. The van der Waals surface area contributed by atoms with Crippen LogP contribution in [0.5, 0.6) is 0 Å². The average Bonchev–Trinajstić information content (AvgIpc) is 2.67. The maximum Gasteiger partial charge on any atom is 0.323 e. The first-order chi connectivity index (χ1) is 12.6. The van der Waals surface area contributed by atoms with E-state index in [0.29, 0.717) is 6.61 Å². The van der Waals surface area contributed by atoms with Gasteiger partial charge in [-0.15, -0.1) is 0 Å². The van der Waals surface area contributed by atoms with Gasteiger partial charge >= 0.3 is 5.97 Å². The van der Waals surface area contributed by atoms with Crippen LogP contribution in [0.4, 0.5) is 0 Å². The summed E-state index contributed by atoms with van der Waals surface area (Å²) in [7, 11) is 0. The lowest BCUT2D eigenvalue weighted by Crippen LogP contribution is -2.53. The van der Waals surface area contributed by atoms with E-state index in [0.717, 1.165) is 0 Å². The second kappa shape index (κ2) is 8.33. The first-order valence-electron chi connectivity index (χ1n) is 9.35. The number of nitrogens with zero attached hydrogens (tertiary/aromatic N) is 1. The zero-order valence-electron chi connectivity index (χ0n) is 15.7. The van der Waals surface area contributed by atoms with E-state index in [1.165, 1.54) is 11.1 Å².